The minimum atomic E-state index is -0.0491. The van der Waals surface area contributed by atoms with Crippen molar-refractivity contribution in [2.45, 2.75) is 51.6 Å². The molecule has 1 aromatic heterocycles. The van der Waals surface area contributed by atoms with E-state index in [9.17, 15) is 5.11 Å². The molecule has 1 aliphatic rings. The molecule has 0 bridgehead atoms. The van der Waals surface area contributed by atoms with Crippen molar-refractivity contribution in [3.05, 3.63) is 16.1 Å². The summed E-state index contributed by atoms with van der Waals surface area (Å²) in [4.78, 5) is 5.65. The van der Waals surface area contributed by atoms with Crippen molar-refractivity contribution in [1.82, 2.24) is 4.98 Å². The molecule has 0 radical (unpaired) electrons. The van der Waals surface area contributed by atoms with Crippen LogP contribution in [-0.2, 0) is 6.42 Å². The zero-order chi connectivity index (χ0) is 10.7. The van der Waals surface area contributed by atoms with Crippen LogP contribution in [0.5, 0.6) is 0 Å². The maximum absolute atomic E-state index is 9.85. The van der Waals surface area contributed by atoms with Gasteiger partial charge in [-0.2, -0.15) is 0 Å². The van der Waals surface area contributed by atoms with Crippen LogP contribution in [0.2, 0.25) is 0 Å². The lowest BCUT2D eigenvalue weighted by molar-refractivity contribution is 0.0656. The number of aryl methyl sites for hydroxylation is 2. The van der Waals surface area contributed by atoms with E-state index in [-0.39, 0.29) is 6.10 Å². The molecule has 1 fully saturated rings. The second kappa shape index (κ2) is 5.08. The van der Waals surface area contributed by atoms with E-state index in [1.54, 1.807) is 11.3 Å². The molecule has 0 aromatic carbocycles. The Labute approximate surface area is 95.4 Å². The first-order valence-electron chi connectivity index (χ1n) is 5.84. The van der Waals surface area contributed by atoms with Gasteiger partial charge in [0, 0.05) is 4.88 Å². The first-order valence-corrected chi connectivity index (χ1v) is 6.72. The highest BCUT2D eigenvalue weighted by Crippen LogP contribution is 2.29. The SMILES string of the molecule is Cc1ncsc1CCC1CCCCC1O. The van der Waals surface area contributed by atoms with Crippen molar-refractivity contribution >= 4 is 11.3 Å². The smallest absolute Gasteiger partial charge is 0.0797 e. The highest BCUT2D eigenvalue weighted by atomic mass is 32.1. The second-order valence-corrected chi connectivity index (χ2v) is 5.45. The first-order chi connectivity index (χ1) is 7.27. The molecule has 2 rings (SSSR count). The van der Waals surface area contributed by atoms with Gasteiger partial charge in [-0.25, -0.2) is 4.98 Å². The highest BCUT2D eigenvalue weighted by molar-refractivity contribution is 7.09. The third-order valence-electron chi connectivity index (χ3n) is 3.46. The zero-order valence-electron chi connectivity index (χ0n) is 9.28. The van der Waals surface area contributed by atoms with Gasteiger partial charge >= 0.3 is 0 Å². The van der Waals surface area contributed by atoms with Crippen LogP contribution in [-0.4, -0.2) is 16.2 Å². The molecule has 2 nitrogen and oxygen atoms in total. The van der Waals surface area contributed by atoms with Gasteiger partial charge in [0.15, 0.2) is 0 Å². The fraction of sp³-hybridized carbons (Fsp3) is 0.750. The first kappa shape index (κ1) is 11.1. The monoisotopic (exact) mass is 225 g/mol. The molecule has 2 unspecified atom stereocenters. The maximum Gasteiger partial charge on any atom is 0.0797 e. The van der Waals surface area contributed by atoms with Crippen LogP contribution < -0.4 is 0 Å². The van der Waals surface area contributed by atoms with Gasteiger partial charge in [0.2, 0.25) is 0 Å². The Morgan fingerprint density at radius 3 is 2.93 bits per heavy atom. The van der Waals surface area contributed by atoms with E-state index in [1.807, 2.05) is 5.51 Å². The summed E-state index contributed by atoms with van der Waals surface area (Å²) in [7, 11) is 0. The molecular formula is C12H19NOS. The molecule has 1 N–H and O–H groups in total. The van der Waals surface area contributed by atoms with Crippen LogP contribution in [0.1, 0.15) is 42.7 Å². The quantitative estimate of drug-likeness (QED) is 0.858. The van der Waals surface area contributed by atoms with Crippen LogP contribution in [0.4, 0.5) is 0 Å². The van der Waals surface area contributed by atoms with Gasteiger partial charge in [-0.05, 0) is 38.5 Å². The summed E-state index contributed by atoms with van der Waals surface area (Å²) in [6, 6.07) is 0. The standard InChI is InChI=1S/C12H19NOS/c1-9-12(15-8-13-9)7-6-10-4-2-3-5-11(10)14/h8,10-11,14H,2-7H2,1H3. The fourth-order valence-electron chi connectivity index (χ4n) is 2.41. The maximum atomic E-state index is 9.85. The topological polar surface area (TPSA) is 33.1 Å². The van der Waals surface area contributed by atoms with Crippen LogP contribution in [0.3, 0.4) is 0 Å². The van der Waals surface area contributed by atoms with Gasteiger partial charge in [-0.15, -0.1) is 11.3 Å². The van der Waals surface area contributed by atoms with Crippen molar-refractivity contribution in [2.75, 3.05) is 0 Å². The Morgan fingerprint density at radius 2 is 2.27 bits per heavy atom. The normalized spacial score (nSPS) is 26.8. The summed E-state index contributed by atoms with van der Waals surface area (Å²) in [6.07, 6.45) is 6.89. The van der Waals surface area contributed by atoms with Crippen molar-refractivity contribution < 1.29 is 5.11 Å². The number of thiazole rings is 1. The van der Waals surface area contributed by atoms with Gasteiger partial charge in [-0.1, -0.05) is 12.8 Å². The molecule has 2 atom stereocenters. The van der Waals surface area contributed by atoms with Crippen molar-refractivity contribution in [3.8, 4) is 0 Å². The number of aromatic nitrogens is 1. The van der Waals surface area contributed by atoms with E-state index < -0.39 is 0 Å². The van der Waals surface area contributed by atoms with Crippen LogP contribution in [0, 0.1) is 12.8 Å². The van der Waals surface area contributed by atoms with E-state index in [0.717, 1.165) is 19.3 Å². The Hall–Kier alpha value is -0.410. The van der Waals surface area contributed by atoms with Crippen molar-refractivity contribution in [2.24, 2.45) is 5.92 Å². The summed E-state index contributed by atoms with van der Waals surface area (Å²) in [5.74, 6) is 0.528. The van der Waals surface area contributed by atoms with Gasteiger partial charge in [-0.3, -0.25) is 0 Å². The molecule has 1 aromatic rings. The van der Waals surface area contributed by atoms with Crippen LogP contribution >= 0.6 is 11.3 Å². The number of hydrogen-bond acceptors (Lipinski definition) is 3. The predicted octanol–water partition coefficient (Wildman–Crippen LogP) is 2.94. The number of rotatable bonds is 3. The van der Waals surface area contributed by atoms with Crippen molar-refractivity contribution in [1.29, 1.82) is 0 Å². The van der Waals surface area contributed by atoms with Gasteiger partial charge in [0.25, 0.3) is 0 Å². The van der Waals surface area contributed by atoms with E-state index >= 15 is 0 Å². The molecule has 1 saturated carbocycles. The van der Waals surface area contributed by atoms with Crippen LogP contribution in [0.15, 0.2) is 5.51 Å². The van der Waals surface area contributed by atoms with E-state index in [0.29, 0.717) is 5.92 Å². The van der Waals surface area contributed by atoms with Gasteiger partial charge in [0.1, 0.15) is 0 Å². The Bertz CT molecular complexity index is 310. The molecule has 1 heterocycles. The average molecular weight is 225 g/mol. The van der Waals surface area contributed by atoms with Crippen LogP contribution in [0.25, 0.3) is 0 Å². The molecule has 0 spiro atoms. The van der Waals surface area contributed by atoms with Gasteiger partial charge in [0.05, 0.1) is 17.3 Å². The lowest BCUT2D eigenvalue weighted by Gasteiger charge is -2.27. The number of nitrogens with zero attached hydrogens (tertiary/aromatic N) is 1. The number of aliphatic hydroxyl groups excluding tert-OH is 1. The van der Waals surface area contributed by atoms with E-state index in [2.05, 4.69) is 11.9 Å². The predicted molar refractivity (Wildman–Crippen MR) is 63.1 cm³/mol. The highest BCUT2D eigenvalue weighted by Gasteiger charge is 2.22. The summed E-state index contributed by atoms with van der Waals surface area (Å²) < 4.78 is 0. The largest absolute Gasteiger partial charge is 0.393 e. The molecule has 1 aliphatic carbocycles. The molecule has 3 heteroatoms. The summed E-state index contributed by atoms with van der Waals surface area (Å²) >= 11 is 1.75. The minimum Gasteiger partial charge on any atom is -0.393 e. The second-order valence-electron chi connectivity index (χ2n) is 4.51. The average Bonchev–Trinajstić information content (AvgIpc) is 2.63. The lowest BCUT2D eigenvalue weighted by Crippen LogP contribution is -2.24. The number of hydrogen-bond donors (Lipinski definition) is 1. The third-order valence-corrected chi connectivity index (χ3v) is 4.45. The molecular weight excluding hydrogens is 206 g/mol. The molecule has 84 valence electrons. The molecule has 0 amide bonds. The summed E-state index contributed by atoms with van der Waals surface area (Å²) in [6.45, 7) is 2.07. The van der Waals surface area contributed by atoms with Crippen molar-refractivity contribution in [3.63, 3.8) is 0 Å². The summed E-state index contributed by atoms with van der Waals surface area (Å²) in [5, 5.41) is 9.85. The fourth-order valence-corrected chi connectivity index (χ4v) is 3.20. The lowest BCUT2D eigenvalue weighted by atomic mass is 9.83. The summed E-state index contributed by atoms with van der Waals surface area (Å²) in [5.41, 5.74) is 3.09. The molecule has 0 aliphatic heterocycles. The minimum absolute atomic E-state index is 0.0491. The van der Waals surface area contributed by atoms with Gasteiger partial charge < -0.3 is 5.11 Å². The van der Waals surface area contributed by atoms with E-state index in [1.165, 1.54) is 29.8 Å². The third kappa shape index (κ3) is 2.79. The molecule has 0 saturated heterocycles. The Morgan fingerprint density at radius 1 is 1.47 bits per heavy atom. The number of aliphatic hydroxyl groups is 1. The Kier molecular flexibility index (Phi) is 3.76. The van der Waals surface area contributed by atoms with E-state index in [4.69, 9.17) is 0 Å². The molecule has 15 heavy (non-hydrogen) atoms. The zero-order valence-corrected chi connectivity index (χ0v) is 10.1. The Balaban J connectivity index is 1.84.